The van der Waals surface area contributed by atoms with Crippen LogP contribution in [0.4, 0.5) is 0 Å². The van der Waals surface area contributed by atoms with Crippen LogP contribution in [0.1, 0.15) is 32.0 Å². The molecule has 234 valence electrons. The van der Waals surface area contributed by atoms with Crippen molar-refractivity contribution in [2.75, 3.05) is 13.7 Å². The lowest BCUT2D eigenvalue weighted by molar-refractivity contribution is -0.237. The van der Waals surface area contributed by atoms with E-state index in [-0.39, 0.29) is 17.9 Å². The maximum Gasteiger partial charge on any atom is 0.303 e. The van der Waals surface area contributed by atoms with Gasteiger partial charge in [0.1, 0.15) is 29.3 Å². The Labute approximate surface area is 250 Å². The van der Waals surface area contributed by atoms with E-state index >= 15 is 0 Å². The second-order valence-electron chi connectivity index (χ2n) is 10.4. The van der Waals surface area contributed by atoms with Gasteiger partial charge in [0, 0.05) is 25.2 Å². The quantitative estimate of drug-likeness (QED) is 0.252. The molecule has 3 aromatic rings. The van der Waals surface area contributed by atoms with Crippen LogP contribution in [0.15, 0.2) is 47.3 Å². The number of nitrogens with zero attached hydrogens (tertiary/aromatic N) is 2. The van der Waals surface area contributed by atoms with Crippen LogP contribution in [0, 0.1) is 24.7 Å². The summed E-state index contributed by atoms with van der Waals surface area (Å²) in [5.74, 6) is -6.52. The summed E-state index contributed by atoms with van der Waals surface area (Å²) in [5.41, 5.74) is 0.567. The van der Waals surface area contributed by atoms with Gasteiger partial charge in [-0.1, -0.05) is 6.07 Å². The van der Waals surface area contributed by atoms with Gasteiger partial charge >= 0.3 is 23.9 Å². The van der Waals surface area contributed by atoms with Crippen LogP contribution in [0.2, 0.25) is 0 Å². The fourth-order valence-corrected chi connectivity index (χ4v) is 5.68. The molecule has 0 aliphatic carbocycles. The molecule has 3 N–H and O–H groups in total. The zero-order valence-corrected chi connectivity index (χ0v) is 24.2. The van der Waals surface area contributed by atoms with Crippen molar-refractivity contribution in [3.63, 3.8) is 0 Å². The predicted molar refractivity (Wildman–Crippen MR) is 152 cm³/mol. The normalized spacial score (nSPS) is 21.4. The molecule has 14 heteroatoms. The first-order valence-electron chi connectivity index (χ1n) is 13.7. The molecule has 1 aliphatic rings. The predicted octanol–water partition coefficient (Wildman–Crippen LogP) is 2.64. The average molecular weight is 613 g/mol. The van der Waals surface area contributed by atoms with Gasteiger partial charge in [-0.2, -0.15) is 0 Å². The maximum atomic E-state index is 13.5. The van der Waals surface area contributed by atoms with Gasteiger partial charge < -0.3 is 34.3 Å². The summed E-state index contributed by atoms with van der Waals surface area (Å²) in [5, 5.41) is 29.1. The zero-order valence-electron chi connectivity index (χ0n) is 24.2. The van der Waals surface area contributed by atoms with Crippen molar-refractivity contribution < 1.29 is 53.4 Å². The van der Waals surface area contributed by atoms with Crippen LogP contribution in [0.3, 0.4) is 0 Å². The Balaban J connectivity index is 1.69. The van der Waals surface area contributed by atoms with Crippen LogP contribution in [-0.2, 0) is 28.7 Å². The lowest BCUT2D eigenvalue weighted by Gasteiger charge is -2.45. The molecular weight excluding hydrogens is 580 g/mol. The minimum atomic E-state index is -1.33. The van der Waals surface area contributed by atoms with Crippen molar-refractivity contribution in [2.45, 2.75) is 45.5 Å². The molecule has 0 radical (unpaired) electrons. The standard InChI is InChI=1S/C30H32N2O12/c1-15-31-22-5-4-6-23(41-3)28(22)29(40)32(15)17-7-9-18(10-8-17)43-30-21(13-27(38)39)19(11-25(34)35)20(12-26(36)37)24(44-30)14-42-16(2)33/h4-10,19-21,24,30H,11-14H2,1-3H3,(H,34,35)(H,36,37)(H,38,39)/t19-,20+,21+,24-,30-/m1/s1. The molecule has 1 saturated heterocycles. The van der Waals surface area contributed by atoms with Gasteiger partial charge in [-0.3, -0.25) is 28.5 Å². The van der Waals surface area contributed by atoms with Crippen molar-refractivity contribution >= 4 is 34.8 Å². The maximum absolute atomic E-state index is 13.5. The molecule has 4 rings (SSSR count). The highest BCUT2D eigenvalue weighted by molar-refractivity contribution is 5.84. The minimum Gasteiger partial charge on any atom is -0.496 e. The summed E-state index contributed by atoms with van der Waals surface area (Å²) in [6.07, 6.45) is -4.09. The molecule has 14 nitrogen and oxygen atoms in total. The summed E-state index contributed by atoms with van der Waals surface area (Å²) in [7, 11) is 1.46. The monoisotopic (exact) mass is 612 g/mol. The number of esters is 1. The number of hydrogen-bond acceptors (Lipinski definition) is 10. The third-order valence-electron chi connectivity index (χ3n) is 7.51. The van der Waals surface area contributed by atoms with Crippen LogP contribution < -0.4 is 15.0 Å². The van der Waals surface area contributed by atoms with Gasteiger partial charge in [-0.15, -0.1) is 0 Å². The molecule has 0 saturated carbocycles. The Morgan fingerprint density at radius 2 is 1.52 bits per heavy atom. The highest BCUT2D eigenvalue weighted by atomic mass is 16.7. The van der Waals surface area contributed by atoms with E-state index < -0.39 is 73.3 Å². The van der Waals surface area contributed by atoms with Gasteiger partial charge in [-0.25, -0.2) is 4.98 Å². The van der Waals surface area contributed by atoms with Crippen LogP contribution in [0.5, 0.6) is 11.5 Å². The number of methoxy groups -OCH3 is 1. The summed E-state index contributed by atoms with van der Waals surface area (Å²) in [6, 6.07) is 11.3. The molecule has 0 unspecified atom stereocenters. The van der Waals surface area contributed by atoms with E-state index in [9.17, 15) is 39.3 Å². The van der Waals surface area contributed by atoms with E-state index in [1.165, 1.54) is 23.8 Å². The van der Waals surface area contributed by atoms with E-state index in [0.717, 1.165) is 6.92 Å². The largest absolute Gasteiger partial charge is 0.496 e. The SMILES string of the molecule is COc1cccc2nc(C)n(-c3ccc(O[C@@H]4O[C@H](COC(C)=O)[C@@H](CC(=O)O)[C@@H](CC(=O)O)[C@@H]4CC(=O)O)cc3)c(=O)c12. The van der Waals surface area contributed by atoms with Gasteiger partial charge in [0.2, 0.25) is 6.29 Å². The second kappa shape index (κ2) is 13.5. The number of ether oxygens (including phenoxy) is 4. The summed E-state index contributed by atoms with van der Waals surface area (Å²) in [6.45, 7) is 2.44. The molecule has 2 aromatic carbocycles. The number of benzene rings is 2. The molecule has 1 fully saturated rings. The molecule has 0 bridgehead atoms. The van der Waals surface area contributed by atoms with E-state index in [1.54, 1.807) is 37.3 Å². The number of carboxylic acids is 3. The molecule has 1 aliphatic heterocycles. The number of carbonyl (C=O) groups excluding carboxylic acids is 1. The van der Waals surface area contributed by atoms with Gasteiger partial charge in [0.05, 0.1) is 37.3 Å². The van der Waals surface area contributed by atoms with Crippen molar-refractivity contribution in [3.05, 3.63) is 58.6 Å². The first-order chi connectivity index (χ1) is 20.9. The minimum absolute atomic E-state index is 0.197. The van der Waals surface area contributed by atoms with E-state index in [0.29, 0.717) is 28.2 Å². The average Bonchev–Trinajstić information content (AvgIpc) is 2.94. The van der Waals surface area contributed by atoms with E-state index in [4.69, 9.17) is 18.9 Å². The molecule has 2 heterocycles. The Morgan fingerprint density at radius 1 is 0.909 bits per heavy atom. The summed E-state index contributed by atoms with van der Waals surface area (Å²) < 4.78 is 23.9. The number of aliphatic carboxylic acids is 3. The van der Waals surface area contributed by atoms with Crippen LogP contribution in [0.25, 0.3) is 16.6 Å². The number of aryl methyl sites for hydroxylation is 1. The van der Waals surface area contributed by atoms with E-state index in [1.807, 2.05) is 0 Å². The fourth-order valence-electron chi connectivity index (χ4n) is 5.68. The molecule has 1 aromatic heterocycles. The van der Waals surface area contributed by atoms with Crippen molar-refractivity contribution in [1.82, 2.24) is 9.55 Å². The molecule has 5 atom stereocenters. The lowest BCUT2D eigenvalue weighted by atomic mass is 9.71. The highest BCUT2D eigenvalue weighted by Crippen LogP contribution is 2.42. The molecular formula is C30H32N2O12. The number of rotatable bonds is 12. The van der Waals surface area contributed by atoms with Crippen molar-refractivity contribution in [2.24, 2.45) is 17.8 Å². The van der Waals surface area contributed by atoms with Crippen molar-refractivity contribution in [1.29, 1.82) is 0 Å². The number of aromatic nitrogens is 2. The van der Waals surface area contributed by atoms with Crippen molar-refractivity contribution in [3.8, 4) is 17.2 Å². The number of carboxylic acid groups (broad SMARTS) is 3. The number of hydrogen-bond donors (Lipinski definition) is 3. The summed E-state index contributed by atoms with van der Waals surface area (Å²) in [4.78, 5) is 64.9. The molecule has 0 spiro atoms. The summed E-state index contributed by atoms with van der Waals surface area (Å²) >= 11 is 0. The van der Waals surface area contributed by atoms with E-state index in [2.05, 4.69) is 4.98 Å². The first-order valence-corrected chi connectivity index (χ1v) is 13.7. The molecule has 0 amide bonds. The lowest BCUT2D eigenvalue weighted by Crippen LogP contribution is -2.53. The van der Waals surface area contributed by atoms with Gasteiger partial charge in [-0.05, 0) is 49.2 Å². The molecule has 44 heavy (non-hydrogen) atoms. The third-order valence-corrected chi connectivity index (χ3v) is 7.51. The third kappa shape index (κ3) is 7.14. The smallest absolute Gasteiger partial charge is 0.303 e. The van der Waals surface area contributed by atoms with Crippen LogP contribution in [-0.4, -0.2) is 74.9 Å². The Bertz CT molecular complexity index is 1620. The first kappa shape index (κ1) is 31.9. The van der Waals surface area contributed by atoms with Crippen LogP contribution >= 0.6 is 0 Å². The number of carbonyl (C=O) groups is 4. The Morgan fingerprint density at radius 3 is 2.11 bits per heavy atom. The number of fused-ring (bicyclic) bond motifs is 1. The van der Waals surface area contributed by atoms with Gasteiger partial charge in [0.15, 0.2) is 0 Å². The highest BCUT2D eigenvalue weighted by Gasteiger charge is 2.49. The topological polar surface area (TPSA) is 201 Å². The Kier molecular flexibility index (Phi) is 9.83. The van der Waals surface area contributed by atoms with Gasteiger partial charge in [0.25, 0.3) is 5.56 Å². The fraction of sp³-hybridized carbons (Fsp3) is 0.400. The Hall–Kier alpha value is -4.98. The zero-order chi connectivity index (χ0) is 32.1. The second-order valence-corrected chi connectivity index (χ2v) is 10.4.